The smallest absolute Gasteiger partial charge is 0.332 e. The molecule has 6 nitrogen and oxygen atoms in total. The van der Waals surface area contributed by atoms with Gasteiger partial charge in [-0.3, -0.25) is 9.59 Å². The van der Waals surface area contributed by atoms with Crippen molar-refractivity contribution in [3.05, 3.63) is 52.2 Å². The number of piperidine rings is 1. The van der Waals surface area contributed by atoms with Crippen LogP contribution in [0.25, 0.3) is 0 Å². The van der Waals surface area contributed by atoms with E-state index in [0.29, 0.717) is 35.9 Å². The van der Waals surface area contributed by atoms with Crippen LogP contribution in [0.5, 0.6) is 0 Å². The van der Waals surface area contributed by atoms with Gasteiger partial charge in [0.25, 0.3) is 11.8 Å². The number of urea groups is 1. The Morgan fingerprint density at radius 2 is 1.93 bits per heavy atom. The number of amides is 4. The summed E-state index contributed by atoms with van der Waals surface area (Å²) < 4.78 is 0. The summed E-state index contributed by atoms with van der Waals surface area (Å²) in [5, 5.41) is 4.87. The van der Waals surface area contributed by atoms with Gasteiger partial charge < -0.3 is 10.2 Å². The summed E-state index contributed by atoms with van der Waals surface area (Å²) in [7, 11) is 0. The Morgan fingerprint density at radius 1 is 1.18 bits per heavy atom. The SMILES string of the molecule is CC(C)c1ccc(N2C(=O)C3CC(NC(=O)c4cccs4)CCN3C2=O)cc1. The average molecular weight is 398 g/mol. The maximum atomic E-state index is 13.0. The predicted molar refractivity (Wildman–Crippen MR) is 109 cm³/mol. The van der Waals surface area contributed by atoms with Crippen LogP contribution in [-0.4, -0.2) is 41.4 Å². The number of hydrogen-bond donors (Lipinski definition) is 1. The molecule has 3 heterocycles. The van der Waals surface area contributed by atoms with Crippen LogP contribution in [0.4, 0.5) is 10.5 Å². The highest BCUT2D eigenvalue weighted by molar-refractivity contribution is 7.12. The second kappa shape index (κ2) is 7.39. The van der Waals surface area contributed by atoms with Crippen molar-refractivity contribution in [3.63, 3.8) is 0 Å². The van der Waals surface area contributed by atoms with E-state index in [9.17, 15) is 14.4 Å². The molecule has 2 aliphatic heterocycles. The number of imide groups is 1. The highest BCUT2D eigenvalue weighted by Gasteiger charge is 2.48. The van der Waals surface area contributed by atoms with Crippen LogP contribution < -0.4 is 10.2 Å². The molecule has 0 radical (unpaired) electrons. The molecule has 2 saturated heterocycles. The summed E-state index contributed by atoms with van der Waals surface area (Å²) in [6.07, 6.45) is 1.09. The average Bonchev–Trinajstić information content (AvgIpc) is 3.30. The number of carbonyl (C=O) groups excluding carboxylic acids is 3. The molecule has 4 rings (SSSR count). The molecule has 146 valence electrons. The largest absolute Gasteiger partial charge is 0.348 e. The molecule has 1 N–H and O–H groups in total. The molecule has 0 aliphatic carbocycles. The Kier molecular flexibility index (Phi) is 4.93. The van der Waals surface area contributed by atoms with E-state index in [1.54, 1.807) is 11.0 Å². The van der Waals surface area contributed by atoms with Crippen LogP contribution in [0.3, 0.4) is 0 Å². The first-order valence-electron chi connectivity index (χ1n) is 9.54. The van der Waals surface area contributed by atoms with Crippen molar-refractivity contribution in [3.8, 4) is 0 Å². The molecule has 28 heavy (non-hydrogen) atoms. The quantitative estimate of drug-likeness (QED) is 0.802. The minimum absolute atomic E-state index is 0.115. The van der Waals surface area contributed by atoms with Crippen molar-refractivity contribution < 1.29 is 14.4 Å². The van der Waals surface area contributed by atoms with Gasteiger partial charge in [0.1, 0.15) is 6.04 Å². The fourth-order valence-corrected chi connectivity index (χ4v) is 4.47. The molecule has 2 unspecified atom stereocenters. The molecule has 2 aliphatic rings. The topological polar surface area (TPSA) is 69.7 Å². The monoisotopic (exact) mass is 397 g/mol. The molecule has 2 fully saturated rings. The minimum Gasteiger partial charge on any atom is -0.348 e. The van der Waals surface area contributed by atoms with Gasteiger partial charge in [0.15, 0.2) is 0 Å². The first-order valence-corrected chi connectivity index (χ1v) is 10.4. The van der Waals surface area contributed by atoms with E-state index in [2.05, 4.69) is 19.2 Å². The van der Waals surface area contributed by atoms with Crippen molar-refractivity contribution in [2.45, 2.75) is 44.7 Å². The standard InChI is InChI=1S/C21H23N3O3S/c1-13(2)14-5-7-16(8-6-14)24-20(26)17-12-15(9-10-23(17)21(24)27)22-19(25)18-4-3-11-28-18/h3-8,11,13,15,17H,9-10,12H2,1-2H3,(H,22,25). The Hall–Kier alpha value is -2.67. The number of rotatable bonds is 4. The van der Waals surface area contributed by atoms with Gasteiger partial charge in [0, 0.05) is 12.6 Å². The number of thiophene rings is 1. The third kappa shape index (κ3) is 3.30. The van der Waals surface area contributed by atoms with Gasteiger partial charge in [-0.05, 0) is 47.9 Å². The van der Waals surface area contributed by atoms with Crippen molar-refractivity contribution in [2.24, 2.45) is 0 Å². The summed E-state index contributed by atoms with van der Waals surface area (Å²) >= 11 is 1.39. The molecule has 4 amide bonds. The van der Waals surface area contributed by atoms with Gasteiger partial charge in [-0.25, -0.2) is 9.69 Å². The Labute approximate surface area is 168 Å². The van der Waals surface area contributed by atoms with Gasteiger partial charge in [0.05, 0.1) is 10.6 Å². The Morgan fingerprint density at radius 3 is 2.57 bits per heavy atom. The summed E-state index contributed by atoms with van der Waals surface area (Å²) in [6.45, 7) is 4.67. The van der Waals surface area contributed by atoms with Gasteiger partial charge >= 0.3 is 6.03 Å². The third-order valence-electron chi connectivity index (χ3n) is 5.44. The maximum absolute atomic E-state index is 13.0. The summed E-state index contributed by atoms with van der Waals surface area (Å²) in [5.74, 6) is 0.0572. The lowest BCUT2D eigenvalue weighted by molar-refractivity contribution is -0.120. The summed E-state index contributed by atoms with van der Waals surface area (Å²) in [5.41, 5.74) is 1.77. The molecule has 0 spiro atoms. The Bertz CT molecular complexity index is 892. The molecule has 2 aromatic rings. The zero-order valence-corrected chi connectivity index (χ0v) is 16.7. The van der Waals surface area contributed by atoms with E-state index in [0.717, 1.165) is 5.56 Å². The van der Waals surface area contributed by atoms with E-state index < -0.39 is 6.04 Å². The van der Waals surface area contributed by atoms with Gasteiger partial charge in [-0.2, -0.15) is 0 Å². The molecular weight excluding hydrogens is 374 g/mol. The van der Waals surface area contributed by atoms with Crippen LogP contribution in [-0.2, 0) is 4.79 Å². The van der Waals surface area contributed by atoms with Crippen LogP contribution >= 0.6 is 11.3 Å². The van der Waals surface area contributed by atoms with Gasteiger partial charge in [-0.1, -0.05) is 32.0 Å². The summed E-state index contributed by atoms with van der Waals surface area (Å²) in [4.78, 5) is 41.7. The lowest BCUT2D eigenvalue weighted by Gasteiger charge is -2.32. The molecular formula is C21H23N3O3S. The molecule has 1 aromatic carbocycles. The minimum atomic E-state index is -0.514. The predicted octanol–water partition coefficient (Wildman–Crippen LogP) is 3.60. The third-order valence-corrected chi connectivity index (χ3v) is 6.31. The number of hydrogen-bond acceptors (Lipinski definition) is 4. The Balaban J connectivity index is 1.48. The molecule has 1 aromatic heterocycles. The number of nitrogens with one attached hydrogen (secondary N) is 1. The number of anilines is 1. The number of carbonyl (C=O) groups is 3. The van der Waals surface area contributed by atoms with Crippen molar-refractivity contribution >= 4 is 34.9 Å². The van der Waals surface area contributed by atoms with E-state index in [-0.39, 0.29) is 23.9 Å². The van der Waals surface area contributed by atoms with Crippen LogP contribution in [0.2, 0.25) is 0 Å². The maximum Gasteiger partial charge on any atom is 0.332 e. The van der Waals surface area contributed by atoms with Crippen molar-refractivity contribution in [2.75, 3.05) is 11.4 Å². The summed E-state index contributed by atoms with van der Waals surface area (Å²) in [6, 6.07) is 10.3. The second-order valence-corrected chi connectivity index (χ2v) is 8.53. The highest BCUT2D eigenvalue weighted by Crippen LogP contribution is 2.31. The molecule has 0 bridgehead atoms. The molecule has 0 saturated carbocycles. The zero-order chi connectivity index (χ0) is 19.8. The van der Waals surface area contributed by atoms with Crippen LogP contribution in [0.15, 0.2) is 41.8 Å². The highest BCUT2D eigenvalue weighted by atomic mass is 32.1. The van der Waals surface area contributed by atoms with E-state index >= 15 is 0 Å². The van der Waals surface area contributed by atoms with Crippen molar-refractivity contribution in [1.29, 1.82) is 0 Å². The number of nitrogens with zero attached hydrogens (tertiary/aromatic N) is 2. The number of benzene rings is 1. The van der Waals surface area contributed by atoms with Gasteiger partial charge in [-0.15, -0.1) is 11.3 Å². The zero-order valence-electron chi connectivity index (χ0n) is 15.9. The molecule has 7 heteroatoms. The fraction of sp³-hybridized carbons (Fsp3) is 0.381. The first-order chi connectivity index (χ1) is 13.5. The lowest BCUT2D eigenvalue weighted by atomic mass is 9.98. The van der Waals surface area contributed by atoms with Gasteiger partial charge in [0.2, 0.25) is 0 Å². The van der Waals surface area contributed by atoms with Crippen LogP contribution in [0, 0.1) is 0 Å². The lowest BCUT2D eigenvalue weighted by Crippen LogP contribution is -2.49. The number of fused-ring (bicyclic) bond motifs is 1. The normalized spacial score (nSPS) is 22.0. The second-order valence-electron chi connectivity index (χ2n) is 7.58. The fourth-order valence-electron chi connectivity index (χ4n) is 3.84. The van der Waals surface area contributed by atoms with Crippen LogP contribution in [0.1, 0.15) is 47.8 Å². The first kappa shape index (κ1) is 18.7. The molecule has 2 atom stereocenters. The van der Waals surface area contributed by atoms with E-state index in [1.807, 2.05) is 35.7 Å². The van der Waals surface area contributed by atoms with E-state index in [1.165, 1.54) is 16.2 Å². The van der Waals surface area contributed by atoms with Crippen molar-refractivity contribution in [1.82, 2.24) is 10.2 Å². The van der Waals surface area contributed by atoms with E-state index in [4.69, 9.17) is 0 Å².